The van der Waals surface area contributed by atoms with Crippen molar-refractivity contribution < 1.29 is 13.9 Å². The first-order valence-corrected chi connectivity index (χ1v) is 7.19. The second-order valence-corrected chi connectivity index (χ2v) is 5.15. The van der Waals surface area contributed by atoms with E-state index >= 15 is 0 Å². The highest BCUT2D eigenvalue weighted by Gasteiger charge is 2.24. The molecule has 0 aliphatic carbocycles. The predicted molar refractivity (Wildman–Crippen MR) is 79.0 cm³/mol. The van der Waals surface area contributed by atoms with Crippen LogP contribution in [-0.4, -0.2) is 41.7 Å². The van der Waals surface area contributed by atoms with E-state index in [1.807, 2.05) is 0 Å². The van der Waals surface area contributed by atoms with E-state index in [0.717, 1.165) is 12.2 Å². The highest BCUT2D eigenvalue weighted by Crippen LogP contribution is 2.26. The van der Waals surface area contributed by atoms with E-state index in [4.69, 9.17) is 9.47 Å². The number of aromatic nitrogens is 2. The van der Waals surface area contributed by atoms with E-state index < -0.39 is 0 Å². The molecule has 1 saturated heterocycles. The summed E-state index contributed by atoms with van der Waals surface area (Å²) >= 11 is 0. The summed E-state index contributed by atoms with van der Waals surface area (Å²) < 4.78 is 25.1. The molecule has 2 heterocycles. The van der Waals surface area contributed by atoms with Gasteiger partial charge < -0.3 is 9.47 Å². The summed E-state index contributed by atoms with van der Waals surface area (Å²) in [6.07, 6.45) is 4.85. The van der Waals surface area contributed by atoms with E-state index in [1.54, 1.807) is 37.8 Å². The van der Waals surface area contributed by atoms with Crippen molar-refractivity contribution >= 4 is 0 Å². The Balaban J connectivity index is 1.74. The maximum atomic E-state index is 14.1. The standard InChI is InChI=1S/C16H18FN3O2/c1-21-15-4-2-3-13(17)12(15)10-20-7-8-22-16(11-20)14-9-18-5-6-19-14/h2-6,9,16H,7-8,10-11H2,1H3/t16-/m1/s1. The van der Waals surface area contributed by atoms with Crippen LogP contribution in [0.4, 0.5) is 4.39 Å². The maximum absolute atomic E-state index is 14.1. The highest BCUT2D eigenvalue weighted by atomic mass is 19.1. The lowest BCUT2D eigenvalue weighted by atomic mass is 10.1. The Morgan fingerprint density at radius 1 is 1.41 bits per heavy atom. The minimum atomic E-state index is -0.248. The quantitative estimate of drug-likeness (QED) is 0.866. The predicted octanol–water partition coefficient (Wildman–Crippen LogP) is 2.20. The zero-order chi connectivity index (χ0) is 15.4. The van der Waals surface area contributed by atoms with Gasteiger partial charge in [0.1, 0.15) is 17.7 Å². The number of benzene rings is 1. The van der Waals surface area contributed by atoms with Gasteiger partial charge >= 0.3 is 0 Å². The van der Waals surface area contributed by atoms with Crippen LogP contribution in [-0.2, 0) is 11.3 Å². The monoisotopic (exact) mass is 303 g/mol. The maximum Gasteiger partial charge on any atom is 0.131 e. The lowest BCUT2D eigenvalue weighted by Crippen LogP contribution is -2.38. The molecule has 0 unspecified atom stereocenters. The van der Waals surface area contributed by atoms with E-state index in [1.165, 1.54) is 6.07 Å². The van der Waals surface area contributed by atoms with Crippen LogP contribution >= 0.6 is 0 Å². The molecular formula is C16H18FN3O2. The van der Waals surface area contributed by atoms with Crippen molar-refractivity contribution in [1.82, 2.24) is 14.9 Å². The van der Waals surface area contributed by atoms with Crippen LogP contribution in [0.15, 0.2) is 36.8 Å². The molecule has 116 valence electrons. The van der Waals surface area contributed by atoms with Gasteiger partial charge in [-0.2, -0.15) is 0 Å². The third-order valence-corrected chi connectivity index (χ3v) is 3.74. The van der Waals surface area contributed by atoms with Crippen molar-refractivity contribution in [2.45, 2.75) is 12.6 Å². The number of hydrogen-bond acceptors (Lipinski definition) is 5. The smallest absolute Gasteiger partial charge is 0.131 e. The van der Waals surface area contributed by atoms with Gasteiger partial charge in [0.05, 0.1) is 25.6 Å². The van der Waals surface area contributed by atoms with E-state index in [9.17, 15) is 4.39 Å². The summed E-state index contributed by atoms with van der Waals surface area (Å²) in [6, 6.07) is 4.89. The molecule has 2 aromatic rings. The summed E-state index contributed by atoms with van der Waals surface area (Å²) in [6.45, 7) is 2.46. The fraction of sp³-hybridized carbons (Fsp3) is 0.375. The number of nitrogens with zero attached hydrogens (tertiary/aromatic N) is 3. The molecule has 1 aliphatic rings. The van der Waals surface area contributed by atoms with Gasteiger partial charge in [0, 0.05) is 37.6 Å². The van der Waals surface area contributed by atoms with Gasteiger partial charge in [-0.25, -0.2) is 4.39 Å². The average molecular weight is 303 g/mol. The fourth-order valence-electron chi connectivity index (χ4n) is 2.61. The Hall–Kier alpha value is -2.05. The van der Waals surface area contributed by atoms with E-state index in [0.29, 0.717) is 31.0 Å². The molecule has 0 saturated carbocycles. The second kappa shape index (κ2) is 6.81. The zero-order valence-electron chi connectivity index (χ0n) is 12.4. The van der Waals surface area contributed by atoms with E-state index in [2.05, 4.69) is 14.9 Å². The number of ether oxygens (including phenoxy) is 2. The van der Waals surface area contributed by atoms with Crippen LogP contribution in [0.25, 0.3) is 0 Å². The Kier molecular flexibility index (Phi) is 4.60. The zero-order valence-corrected chi connectivity index (χ0v) is 12.4. The molecule has 1 aromatic heterocycles. The van der Waals surface area contributed by atoms with Crippen LogP contribution in [0.3, 0.4) is 0 Å². The minimum Gasteiger partial charge on any atom is -0.496 e. The number of hydrogen-bond donors (Lipinski definition) is 0. The van der Waals surface area contributed by atoms with Crippen LogP contribution in [0.5, 0.6) is 5.75 Å². The van der Waals surface area contributed by atoms with Crippen molar-refractivity contribution in [2.24, 2.45) is 0 Å². The molecule has 0 N–H and O–H groups in total. The third-order valence-electron chi connectivity index (χ3n) is 3.74. The van der Waals surface area contributed by atoms with Crippen LogP contribution in [0.2, 0.25) is 0 Å². The van der Waals surface area contributed by atoms with Crippen molar-refractivity contribution in [3.8, 4) is 5.75 Å². The molecule has 0 spiro atoms. The molecule has 1 atom stereocenters. The normalized spacial score (nSPS) is 19.1. The molecule has 0 radical (unpaired) electrons. The molecule has 5 nitrogen and oxygen atoms in total. The fourth-order valence-corrected chi connectivity index (χ4v) is 2.61. The largest absolute Gasteiger partial charge is 0.496 e. The first kappa shape index (κ1) is 14.9. The summed E-state index contributed by atoms with van der Waals surface area (Å²) in [5.74, 6) is 0.324. The van der Waals surface area contributed by atoms with Crippen molar-refractivity contribution in [3.05, 3.63) is 53.9 Å². The summed E-state index contributed by atoms with van der Waals surface area (Å²) in [5.41, 5.74) is 1.37. The summed E-state index contributed by atoms with van der Waals surface area (Å²) in [5, 5.41) is 0. The van der Waals surface area contributed by atoms with Gasteiger partial charge in [0.2, 0.25) is 0 Å². The topological polar surface area (TPSA) is 47.5 Å². The first-order valence-electron chi connectivity index (χ1n) is 7.19. The van der Waals surface area contributed by atoms with Gasteiger partial charge in [-0.05, 0) is 12.1 Å². The molecule has 6 heteroatoms. The van der Waals surface area contributed by atoms with Crippen molar-refractivity contribution in [1.29, 1.82) is 0 Å². The molecule has 1 aliphatic heterocycles. The molecule has 3 rings (SSSR count). The molecule has 1 aromatic carbocycles. The number of rotatable bonds is 4. The van der Waals surface area contributed by atoms with Crippen LogP contribution in [0.1, 0.15) is 17.4 Å². The number of morpholine rings is 1. The molecule has 0 amide bonds. The van der Waals surface area contributed by atoms with Gasteiger partial charge in [0.25, 0.3) is 0 Å². The Morgan fingerprint density at radius 2 is 2.32 bits per heavy atom. The highest BCUT2D eigenvalue weighted by molar-refractivity contribution is 5.34. The van der Waals surface area contributed by atoms with Gasteiger partial charge in [-0.3, -0.25) is 14.9 Å². The molecule has 0 bridgehead atoms. The lowest BCUT2D eigenvalue weighted by Gasteiger charge is -2.32. The molecule has 1 fully saturated rings. The van der Waals surface area contributed by atoms with Crippen LogP contribution in [0, 0.1) is 5.82 Å². The first-order chi connectivity index (χ1) is 10.8. The number of halogens is 1. The Labute approximate surface area is 128 Å². The SMILES string of the molecule is COc1cccc(F)c1CN1CCO[C@@H](c2cnccn2)C1. The second-order valence-electron chi connectivity index (χ2n) is 5.15. The Bertz CT molecular complexity index is 624. The van der Waals surface area contributed by atoms with Crippen molar-refractivity contribution in [3.63, 3.8) is 0 Å². The molecule has 22 heavy (non-hydrogen) atoms. The molecular weight excluding hydrogens is 285 g/mol. The lowest BCUT2D eigenvalue weighted by molar-refractivity contribution is -0.0356. The number of methoxy groups -OCH3 is 1. The van der Waals surface area contributed by atoms with Gasteiger partial charge in [-0.15, -0.1) is 0 Å². The third kappa shape index (κ3) is 3.23. The Morgan fingerprint density at radius 3 is 3.09 bits per heavy atom. The summed E-state index contributed by atoms with van der Waals surface area (Å²) in [7, 11) is 1.56. The van der Waals surface area contributed by atoms with E-state index in [-0.39, 0.29) is 11.9 Å². The van der Waals surface area contributed by atoms with Gasteiger partial charge in [0.15, 0.2) is 0 Å². The van der Waals surface area contributed by atoms with Gasteiger partial charge in [-0.1, -0.05) is 6.07 Å². The minimum absolute atomic E-state index is 0.139. The van der Waals surface area contributed by atoms with Crippen molar-refractivity contribution in [2.75, 3.05) is 26.8 Å². The average Bonchev–Trinajstić information content (AvgIpc) is 2.58. The summed E-state index contributed by atoms with van der Waals surface area (Å²) in [4.78, 5) is 10.5. The van der Waals surface area contributed by atoms with Crippen LogP contribution < -0.4 is 4.74 Å².